The number of ether oxygens (including phenoxy) is 1. The Labute approximate surface area is 113 Å². The van der Waals surface area contributed by atoms with Crippen LogP contribution >= 0.6 is 11.6 Å². The minimum Gasteiger partial charge on any atom is -0.481 e. The third kappa shape index (κ3) is 3.16. The number of carbonyl (C=O) groups is 1. The second-order valence-corrected chi connectivity index (χ2v) is 4.94. The lowest BCUT2D eigenvalue weighted by atomic mass is 10.2. The van der Waals surface area contributed by atoms with E-state index in [-0.39, 0.29) is 12.0 Å². The Kier molecular flexibility index (Phi) is 4.48. The second kappa shape index (κ2) is 6.10. The first kappa shape index (κ1) is 13.2. The monoisotopic (exact) mass is 267 g/mol. The maximum atomic E-state index is 12.2. The molecule has 4 heteroatoms. The van der Waals surface area contributed by atoms with Crippen molar-refractivity contribution in [2.75, 3.05) is 13.1 Å². The van der Waals surface area contributed by atoms with Crippen LogP contribution in [-0.4, -0.2) is 30.0 Å². The number of carbonyl (C=O) groups excluding carboxylic acids is 1. The van der Waals surface area contributed by atoms with Gasteiger partial charge in [0.25, 0.3) is 5.91 Å². The first-order valence-electron chi connectivity index (χ1n) is 6.41. The lowest BCUT2D eigenvalue weighted by molar-refractivity contribution is -0.137. The van der Waals surface area contributed by atoms with Crippen molar-refractivity contribution in [1.29, 1.82) is 0 Å². The Bertz CT molecular complexity index is 399. The van der Waals surface area contributed by atoms with E-state index in [2.05, 4.69) is 0 Å². The Morgan fingerprint density at radius 2 is 1.94 bits per heavy atom. The first-order chi connectivity index (χ1) is 8.70. The molecule has 1 fully saturated rings. The Morgan fingerprint density at radius 3 is 2.50 bits per heavy atom. The third-order valence-electron chi connectivity index (χ3n) is 3.16. The van der Waals surface area contributed by atoms with Gasteiger partial charge in [0, 0.05) is 18.1 Å². The summed E-state index contributed by atoms with van der Waals surface area (Å²) in [7, 11) is 0. The number of hydrogen-bond acceptors (Lipinski definition) is 2. The molecular formula is C14H18ClNO2. The van der Waals surface area contributed by atoms with Gasteiger partial charge in [-0.15, -0.1) is 0 Å². The van der Waals surface area contributed by atoms with Crippen LogP contribution in [0.15, 0.2) is 24.3 Å². The molecule has 1 aromatic rings. The van der Waals surface area contributed by atoms with E-state index in [0.29, 0.717) is 17.2 Å². The zero-order valence-corrected chi connectivity index (χ0v) is 11.3. The molecular weight excluding hydrogens is 250 g/mol. The molecule has 18 heavy (non-hydrogen) atoms. The fourth-order valence-corrected chi connectivity index (χ4v) is 2.25. The number of amides is 1. The van der Waals surface area contributed by atoms with Crippen LogP contribution in [0.5, 0.6) is 5.75 Å². The van der Waals surface area contributed by atoms with Crippen molar-refractivity contribution < 1.29 is 9.53 Å². The summed E-state index contributed by atoms with van der Waals surface area (Å²) in [5.74, 6) is 0.795. The molecule has 1 saturated heterocycles. The van der Waals surface area contributed by atoms with Gasteiger partial charge in [-0.1, -0.05) is 18.5 Å². The molecule has 0 aliphatic carbocycles. The van der Waals surface area contributed by atoms with E-state index in [1.54, 1.807) is 24.3 Å². The van der Waals surface area contributed by atoms with E-state index in [4.69, 9.17) is 16.3 Å². The molecule has 0 radical (unpaired) electrons. The smallest absolute Gasteiger partial charge is 0.263 e. The van der Waals surface area contributed by atoms with Crippen LogP contribution in [0, 0.1) is 0 Å². The molecule has 2 rings (SSSR count). The van der Waals surface area contributed by atoms with Gasteiger partial charge in [0.05, 0.1) is 0 Å². The number of halogens is 1. The zero-order chi connectivity index (χ0) is 13.0. The highest BCUT2D eigenvalue weighted by Crippen LogP contribution is 2.19. The molecule has 1 aromatic carbocycles. The topological polar surface area (TPSA) is 29.5 Å². The second-order valence-electron chi connectivity index (χ2n) is 4.50. The van der Waals surface area contributed by atoms with Gasteiger partial charge in [-0.3, -0.25) is 4.79 Å². The molecule has 3 nitrogen and oxygen atoms in total. The van der Waals surface area contributed by atoms with Crippen LogP contribution in [-0.2, 0) is 4.79 Å². The third-order valence-corrected chi connectivity index (χ3v) is 3.41. The molecule has 98 valence electrons. The predicted molar refractivity (Wildman–Crippen MR) is 72.0 cm³/mol. The summed E-state index contributed by atoms with van der Waals surface area (Å²) in [6.45, 7) is 3.69. The summed E-state index contributed by atoms with van der Waals surface area (Å²) in [6, 6.07) is 7.12. The van der Waals surface area contributed by atoms with Gasteiger partial charge in [-0.2, -0.15) is 0 Å². The van der Waals surface area contributed by atoms with Crippen molar-refractivity contribution in [3.8, 4) is 5.75 Å². The average Bonchev–Trinajstić information content (AvgIpc) is 2.91. The summed E-state index contributed by atoms with van der Waals surface area (Å²) in [4.78, 5) is 14.1. The average molecular weight is 268 g/mol. The standard InChI is InChI=1S/C14H18ClNO2/c1-2-13(14(17)16-9-3-4-10-16)18-12-7-5-11(15)6-8-12/h5-8,13H,2-4,9-10H2,1H3/t13-/m0/s1. The molecule has 1 heterocycles. The maximum absolute atomic E-state index is 12.2. The Morgan fingerprint density at radius 1 is 1.33 bits per heavy atom. The quantitative estimate of drug-likeness (QED) is 0.839. The van der Waals surface area contributed by atoms with Gasteiger partial charge in [-0.05, 0) is 43.5 Å². The number of benzene rings is 1. The highest BCUT2D eigenvalue weighted by atomic mass is 35.5. The molecule has 1 aliphatic heterocycles. The number of hydrogen-bond donors (Lipinski definition) is 0. The van der Waals surface area contributed by atoms with Crippen LogP contribution in [0.2, 0.25) is 5.02 Å². The fraction of sp³-hybridized carbons (Fsp3) is 0.500. The minimum atomic E-state index is -0.385. The van der Waals surface area contributed by atoms with Crippen LogP contribution in [0.4, 0.5) is 0 Å². The molecule has 0 unspecified atom stereocenters. The summed E-state index contributed by atoms with van der Waals surface area (Å²) in [5, 5.41) is 0.668. The van der Waals surface area contributed by atoms with E-state index >= 15 is 0 Å². The van der Waals surface area contributed by atoms with E-state index in [0.717, 1.165) is 25.9 Å². The van der Waals surface area contributed by atoms with Crippen LogP contribution in [0.3, 0.4) is 0 Å². The molecule has 0 aromatic heterocycles. The fourth-order valence-electron chi connectivity index (χ4n) is 2.13. The molecule has 1 amide bonds. The predicted octanol–water partition coefficient (Wildman–Crippen LogP) is 3.12. The van der Waals surface area contributed by atoms with Crippen molar-refractivity contribution >= 4 is 17.5 Å². The number of nitrogens with zero attached hydrogens (tertiary/aromatic N) is 1. The van der Waals surface area contributed by atoms with Gasteiger partial charge in [-0.25, -0.2) is 0 Å². The molecule has 0 bridgehead atoms. The highest BCUT2D eigenvalue weighted by Gasteiger charge is 2.26. The minimum absolute atomic E-state index is 0.102. The largest absolute Gasteiger partial charge is 0.481 e. The van der Waals surface area contributed by atoms with E-state index in [1.165, 1.54) is 0 Å². The molecule has 1 aliphatic rings. The summed E-state index contributed by atoms with van der Waals surface area (Å²) < 4.78 is 5.74. The molecule has 0 N–H and O–H groups in total. The normalized spacial score (nSPS) is 16.7. The number of likely N-dealkylation sites (tertiary alicyclic amines) is 1. The van der Waals surface area contributed by atoms with Crippen molar-refractivity contribution in [2.45, 2.75) is 32.3 Å². The Hall–Kier alpha value is -1.22. The summed E-state index contributed by atoms with van der Waals surface area (Å²) >= 11 is 5.82. The molecule has 1 atom stereocenters. The Balaban J connectivity index is 2.00. The van der Waals surface area contributed by atoms with Gasteiger partial charge in [0.15, 0.2) is 6.10 Å². The van der Waals surface area contributed by atoms with Gasteiger partial charge in [0.1, 0.15) is 5.75 Å². The van der Waals surface area contributed by atoms with Crippen molar-refractivity contribution in [3.63, 3.8) is 0 Å². The van der Waals surface area contributed by atoms with Crippen LogP contribution in [0.1, 0.15) is 26.2 Å². The van der Waals surface area contributed by atoms with Crippen molar-refractivity contribution in [1.82, 2.24) is 4.90 Å². The number of rotatable bonds is 4. The molecule has 0 spiro atoms. The highest BCUT2D eigenvalue weighted by molar-refractivity contribution is 6.30. The van der Waals surface area contributed by atoms with E-state index < -0.39 is 0 Å². The van der Waals surface area contributed by atoms with Gasteiger partial charge >= 0.3 is 0 Å². The lowest BCUT2D eigenvalue weighted by Crippen LogP contribution is -2.40. The summed E-state index contributed by atoms with van der Waals surface area (Å²) in [6.07, 6.45) is 2.49. The summed E-state index contributed by atoms with van der Waals surface area (Å²) in [5.41, 5.74) is 0. The maximum Gasteiger partial charge on any atom is 0.263 e. The zero-order valence-electron chi connectivity index (χ0n) is 10.6. The van der Waals surface area contributed by atoms with E-state index in [9.17, 15) is 4.79 Å². The van der Waals surface area contributed by atoms with Crippen molar-refractivity contribution in [3.05, 3.63) is 29.3 Å². The SMILES string of the molecule is CC[C@H](Oc1ccc(Cl)cc1)C(=O)N1CCCC1. The molecule has 0 saturated carbocycles. The van der Waals surface area contributed by atoms with Gasteiger partial charge < -0.3 is 9.64 Å². The van der Waals surface area contributed by atoms with Crippen LogP contribution in [0.25, 0.3) is 0 Å². The van der Waals surface area contributed by atoms with Crippen molar-refractivity contribution in [2.24, 2.45) is 0 Å². The van der Waals surface area contributed by atoms with Crippen LogP contribution < -0.4 is 4.74 Å². The van der Waals surface area contributed by atoms with E-state index in [1.807, 2.05) is 11.8 Å². The first-order valence-corrected chi connectivity index (χ1v) is 6.79. The van der Waals surface area contributed by atoms with Gasteiger partial charge in [0.2, 0.25) is 0 Å². The lowest BCUT2D eigenvalue weighted by Gasteiger charge is -2.23.